The first-order valence-corrected chi connectivity index (χ1v) is 8.85. The zero-order valence-electron chi connectivity index (χ0n) is 13.5. The van der Waals surface area contributed by atoms with Crippen molar-refractivity contribution in [1.82, 2.24) is 4.98 Å². The number of para-hydroxylation sites is 1. The Morgan fingerprint density at radius 3 is 2.67 bits per heavy atom. The average molecular weight is 330 g/mol. The molecule has 2 nitrogen and oxygen atoms in total. The molecule has 1 aromatic heterocycles. The molecule has 0 spiro atoms. The van der Waals surface area contributed by atoms with Gasteiger partial charge in [-0.05, 0) is 36.8 Å². The van der Waals surface area contributed by atoms with Crippen molar-refractivity contribution in [2.24, 2.45) is 0 Å². The third kappa shape index (κ3) is 3.17. The summed E-state index contributed by atoms with van der Waals surface area (Å²) in [5.41, 5.74) is 5.92. The molecule has 0 atom stereocenters. The van der Waals surface area contributed by atoms with Crippen LogP contribution in [-0.2, 0) is 6.54 Å². The van der Waals surface area contributed by atoms with E-state index in [1.807, 2.05) is 6.07 Å². The monoisotopic (exact) mass is 330 g/mol. The number of aryl methyl sites for hydroxylation is 1. The summed E-state index contributed by atoms with van der Waals surface area (Å²) in [6.07, 6.45) is 0. The predicted octanol–water partition coefficient (Wildman–Crippen LogP) is 5.88. The van der Waals surface area contributed by atoms with Crippen LogP contribution in [-0.4, -0.2) is 4.98 Å². The van der Waals surface area contributed by atoms with Crippen LogP contribution in [0.5, 0.6) is 0 Å². The lowest BCUT2D eigenvalue weighted by molar-refractivity contribution is 1.14. The third-order valence-electron chi connectivity index (χ3n) is 3.98. The SMILES string of the molecule is Cc1cccc(CNc2cccc(-c3nc4ccccc4s3)c2)c1. The number of rotatable bonds is 4. The number of fused-ring (bicyclic) bond motifs is 1. The Morgan fingerprint density at radius 1 is 0.917 bits per heavy atom. The van der Waals surface area contributed by atoms with Crippen LogP contribution in [0.2, 0.25) is 0 Å². The Morgan fingerprint density at radius 2 is 1.79 bits per heavy atom. The minimum Gasteiger partial charge on any atom is -0.381 e. The fourth-order valence-electron chi connectivity index (χ4n) is 2.78. The summed E-state index contributed by atoms with van der Waals surface area (Å²) in [5.74, 6) is 0. The van der Waals surface area contributed by atoms with Gasteiger partial charge < -0.3 is 5.32 Å². The molecule has 0 saturated carbocycles. The van der Waals surface area contributed by atoms with Gasteiger partial charge in [-0.1, -0.05) is 54.1 Å². The predicted molar refractivity (Wildman–Crippen MR) is 104 cm³/mol. The topological polar surface area (TPSA) is 24.9 Å². The number of aromatic nitrogens is 1. The minimum atomic E-state index is 0.824. The molecule has 118 valence electrons. The summed E-state index contributed by atoms with van der Waals surface area (Å²) in [5, 5.41) is 4.57. The molecule has 4 aromatic rings. The first kappa shape index (κ1) is 14.9. The highest BCUT2D eigenvalue weighted by Crippen LogP contribution is 2.31. The molecule has 0 amide bonds. The van der Waals surface area contributed by atoms with E-state index in [0.717, 1.165) is 28.3 Å². The van der Waals surface area contributed by atoms with Crippen LogP contribution < -0.4 is 5.32 Å². The maximum atomic E-state index is 4.74. The normalized spacial score (nSPS) is 10.9. The molecular weight excluding hydrogens is 312 g/mol. The molecule has 24 heavy (non-hydrogen) atoms. The zero-order chi connectivity index (χ0) is 16.4. The van der Waals surface area contributed by atoms with Crippen molar-refractivity contribution in [3.8, 4) is 10.6 Å². The minimum absolute atomic E-state index is 0.824. The molecule has 3 heteroatoms. The van der Waals surface area contributed by atoms with Gasteiger partial charge in [-0.25, -0.2) is 4.98 Å². The van der Waals surface area contributed by atoms with Crippen molar-refractivity contribution in [1.29, 1.82) is 0 Å². The van der Waals surface area contributed by atoms with Gasteiger partial charge >= 0.3 is 0 Å². The largest absolute Gasteiger partial charge is 0.381 e. The molecule has 1 heterocycles. The second-order valence-electron chi connectivity index (χ2n) is 5.91. The van der Waals surface area contributed by atoms with Crippen LogP contribution in [0.1, 0.15) is 11.1 Å². The number of nitrogens with zero attached hydrogens (tertiary/aromatic N) is 1. The maximum Gasteiger partial charge on any atom is 0.124 e. The van der Waals surface area contributed by atoms with Crippen LogP contribution in [0.25, 0.3) is 20.8 Å². The maximum absolute atomic E-state index is 4.74. The smallest absolute Gasteiger partial charge is 0.124 e. The van der Waals surface area contributed by atoms with Gasteiger partial charge in [0.1, 0.15) is 5.01 Å². The molecule has 0 fully saturated rings. The summed E-state index contributed by atoms with van der Waals surface area (Å²) in [7, 11) is 0. The first-order chi connectivity index (χ1) is 11.8. The van der Waals surface area contributed by atoms with Gasteiger partial charge in [0, 0.05) is 17.8 Å². The quantitative estimate of drug-likeness (QED) is 0.505. The van der Waals surface area contributed by atoms with Gasteiger partial charge in [0.05, 0.1) is 10.2 Å². The van der Waals surface area contributed by atoms with Gasteiger partial charge in [0.25, 0.3) is 0 Å². The Hall–Kier alpha value is -2.65. The van der Waals surface area contributed by atoms with Gasteiger partial charge in [-0.3, -0.25) is 0 Å². The molecule has 1 N–H and O–H groups in total. The molecule has 0 aliphatic heterocycles. The lowest BCUT2D eigenvalue weighted by Crippen LogP contribution is -1.99. The van der Waals surface area contributed by atoms with E-state index in [0.29, 0.717) is 0 Å². The highest BCUT2D eigenvalue weighted by molar-refractivity contribution is 7.21. The lowest BCUT2D eigenvalue weighted by atomic mass is 10.1. The molecule has 0 unspecified atom stereocenters. The fraction of sp³-hybridized carbons (Fsp3) is 0.0952. The van der Waals surface area contributed by atoms with Crippen LogP contribution in [0.3, 0.4) is 0 Å². The Bertz CT molecular complexity index is 955. The lowest BCUT2D eigenvalue weighted by Gasteiger charge is -2.08. The summed E-state index contributed by atoms with van der Waals surface area (Å²) < 4.78 is 1.23. The van der Waals surface area contributed by atoms with Crippen LogP contribution in [0, 0.1) is 6.92 Å². The first-order valence-electron chi connectivity index (χ1n) is 8.03. The summed E-state index contributed by atoms with van der Waals surface area (Å²) in [6.45, 7) is 2.95. The summed E-state index contributed by atoms with van der Waals surface area (Å²) in [6, 6.07) is 25.3. The molecular formula is C21H18N2S. The van der Waals surface area contributed by atoms with E-state index in [9.17, 15) is 0 Å². The zero-order valence-corrected chi connectivity index (χ0v) is 14.3. The standard InChI is InChI=1S/C21H18N2S/c1-15-6-4-7-16(12-15)14-22-18-9-5-8-17(13-18)21-23-19-10-2-3-11-20(19)24-21/h2-13,22H,14H2,1H3. The van der Waals surface area contributed by atoms with Crippen molar-refractivity contribution in [2.75, 3.05) is 5.32 Å². The van der Waals surface area contributed by atoms with Crippen molar-refractivity contribution in [3.63, 3.8) is 0 Å². The highest BCUT2D eigenvalue weighted by atomic mass is 32.1. The number of hydrogen-bond acceptors (Lipinski definition) is 3. The van der Waals surface area contributed by atoms with E-state index < -0.39 is 0 Å². The second-order valence-corrected chi connectivity index (χ2v) is 6.94. The van der Waals surface area contributed by atoms with Crippen molar-refractivity contribution in [2.45, 2.75) is 13.5 Å². The number of benzene rings is 3. The Kier molecular flexibility index (Phi) is 4.01. The van der Waals surface area contributed by atoms with Crippen molar-refractivity contribution in [3.05, 3.63) is 83.9 Å². The van der Waals surface area contributed by atoms with E-state index in [2.05, 4.69) is 79.0 Å². The van der Waals surface area contributed by atoms with E-state index in [-0.39, 0.29) is 0 Å². The molecule has 0 radical (unpaired) electrons. The van der Waals surface area contributed by atoms with Gasteiger partial charge in [-0.2, -0.15) is 0 Å². The van der Waals surface area contributed by atoms with Gasteiger partial charge in [-0.15, -0.1) is 11.3 Å². The molecule has 0 saturated heterocycles. The van der Waals surface area contributed by atoms with E-state index in [1.54, 1.807) is 11.3 Å². The van der Waals surface area contributed by atoms with E-state index in [1.165, 1.54) is 15.8 Å². The fourth-order valence-corrected chi connectivity index (χ4v) is 3.75. The number of nitrogens with one attached hydrogen (secondary N) is 1. The van der Waals surface area contributed by atoms with Crippen molar-refractivity contribution >= 4 is 27.2 Å². The van der Waals surface area contributed by atoms with E-state index in [4.69, 9.17) is 4.98 Å². The number of thiazole rings is 1. The second kappa shape index (κ2) is 6.46. The van der Waals surface area contributed by atoms with Crippen LogP contribution >= 0.6 is 11.3 Å². The molecule has 0 aliphatic rings. The van der Waals surface area contributed by atoms with Crippen LogP contribution in [0.15, 0.2) is 72.8 Å². The number of hydrogen-bond donors (Lipinski definition) is 1. The van der Waals surface area contributed by atoms with E-state index >= 15 is 0 Å². The van der Waals surface area contributed by atoms with Gasteiger partial charge in [0.2, 0.25) is 0 Å². The molecule has 0 bridgehead atoms. The van der Waals surface area contributed by atoms with Crippen molar-refractivity contribution < 1.29 is 0 Å². The highest BCUT2D eigenvalue weighted by Gasteiger charge is 2.06. The number of anilines is 1. The van der Waals surface area contributed by atoms with Gasteiger partial charge in [0.15, 0.2) is 0 Å². The van der Waals surface area contributed by atoms with Crippen LogP contribution in [0.4, 0.5) is 5.69 Å². The molecule has 3 aromatic carbocycles. The Labute approximate surface area is 145 Å². The summed E-state index contributed by atoms with van der Waals surface area (Å²) in [4.78, 5) is 4.74. The summed E-state index contributed by atoms with van der Waals surface area (Å²) >= 11 is 1.74. The third-order valence-corrected chi connectivity index (χ3v) is 5.07. The molecule has 4 rings (SSSR count). The Balaban J connectivity index is 1.57. The average Bonchev–Trinajstić information content (AvgIpc) is 3.05. The molecule has 0 aliphatic carbocycles.